The number of nitrogens with two attached hydrogens (primary N) is 1. The van der Waals surface area contributed by atoms with Crippen molar-refractivity contribution in [3.8, 4) is 22.0 Å². The lowest BCUT2D eigenvalue weighted by atomic mass is 10.2. The summed E-state index contributed by atoms with van der Waals surface area (Å²) in [6.45, 7) is 2.48. The minimum atomic E-state index is -0.131. The van der Waals surface area contributed by atoms with E-state index in [0.29, 0.717) is 28.8 Å². The average molecular weight is 288 g/mol. The van der Waals surface area contributed by atoms with Gasteiger partial charge in [-0.05, 0) is 19.1 Å². The van der Waals surface area contributed by atoms with Crippen LogP contribution in [0.3, 0.4) is 0 Å². The molecule has 0 saturated carbocycles. The molecule has 7 heteroatoms. The van der Waals surface area contributed by atoms with Crippen molar-refractivity contribution < 1.29 is 4.42 Å². The summed E-state index contributed by atoms with van der Waals surface area (Å²) < 4.78 is 6.96. The highest BCUT2D eigenvalue weighted by Crippen LogP contribution is 2.36. The van der Waals surface area contributed by atoms with Crippen molar-refractivity contribution >= 4 is 16.5 Å². The molecule has 0 unspecified atom stereocenters. The Hall–Kier alpha value is -2.41. The van der Waals surface area contributed by atoms with E-state index in [9.17, 15) is 4.79 Å². The number of rotatable bonds is 3. The molecule has 20 heavy (non-hydrogen) atoms. The van der Waals surface area contributed by atoms with Gasteiger partial charge in [0.05, 0.1) is 23.0 Å². The zero-order chi connectivity index (χ0) is 14.1. The van der Waals surface area contributed by atoms with Crippen LogP contribution in [0.2, 0.25) is 0 Å². The van der Waals surface area contributed by atoms with Gasteiger partial charge in [-0.3, -0.25) is 4.79 Å². The molecular formula is C13H12N4O2S. The van der Waals surface area contributed by atoms with Gasteiger partial charge in [-0.2, -0.15) is 0 Å². The first-order valence-corrected chi connectivity index (χ1v) is 6.87. The SMILES string of the molecule is CCn1cc(-c2sc(N)nc2-c2ccco2)ncc1=O. The van der Waals surface area contributed by atoms with Crippen LogP contribution in [0.5, 0.6) is 0 Å². The number of anilines is 1. The minimum absolute atomic E-state index is 0.131. The van der Waals surface area contributed by atoms with Gasteiger partial charge in [0, 0.05) is 12.7 Å². The van der Waals surface area contributed by atoms with Crippen molar-refractivity contribution in [2.24, 2.45) is 0 Å². The van der Waals surface area contributed by atoms with Gasteiger partial charge in [-0.1, -0.05) is 11.3 Å². The Morgan fingerprint density at radius 1 is 1.50 bits per heavy atom. The van der Waals surface area contributed by atoms with E-state index in [4.69, 9.17) is 10.2 Å². The lowest BCUT2D eigenvalue weighted by Crippen LogP contribution is -2.18. The van der Waals surface area contributed by atoms with Crippen LogP contribution in [0.15, 0.2) is 40.0 Å². The van der Waals surface area contributed by atoms with Crippen LogP contribution in [0.25, 0.3) is 22.0 Å². The monoisotopic (exact) mass is 288 g/mol. The lowest BCUT2D eigenvalue weighted by molar-refractivity contribution is 0.580. The Morgan fingerprint density at radius 2 is 2.35 bits per heavy atom. The largest absolute Gasteiger partial charge is 0.463 e. The van der Waals surface area contributed by atoms with Crippen molar-refractivity contribution in [2.75, 3.05) is 5.73 Å². The van der Waals surface area contributed by atoms with Gasteiger partial charge in [0.2, 0.25) is 0 Å². The normalized spacial score (nSPS) is 10.8. The molecule has 102 valence electrons. The maximum absolute atomic E-state index is 11.6. The summed E-state index contributed by atoms with van der Waals surface area (Å²) in [6.07, 6.45) is 4.59. The minimum Gasteiger partial charge on any atom is -0.463 e. The van der Waals surface area contributed by atoms with Gasteiger partial charge in [-0.25, -0.2) is 9.97 Å². The molecule has 2 N–H and O–H groups in total. The van der Waals surface area contributed by atoms with Gasteiger partial charge in [-0.15, -0.1) is 0 Å². The van der Waals surface area contributed by atoms with E-state index in [1.165, 1.54) is 17.5 Å². The molecule has 0 aliphatic heterocycles. The smallest absolute Gasteiger partial charge is 0.269 e. The second kappa shape index (κ2) is 4.93. The summed E-state index contributed by atoms with van der Waals surface area (Å²) in [5, 5.41) is 0.433. The standard InChI is InChI=1S/C13H12N4O2S/c1-2-17-7-8(15-6-10(17)18)12-11(16-13(14)20-12)9-4-3-5-19-9/h3-7H,2H2,1H3,(H2,14,16). The van der Waals surface area contributed by atoms with Crippen molar-refractivity contribution in [2.45, 2.75) is 13.5 Å². The fourth-order valence-corrected chi connectivity index (χ4v) is 2.70. The first-order valence-electron chi connectivity index (χ1n) is 6.06. The van der Waals surface area contributed by atoms with Crippen LogP contribution < -0.4 is 11.3 Å². The van der Waals surface area contributed by atoms with E-state index in [1.807, 2.05) is 13.0 Å². The highest BCUT2D eigenvalue weighted by Gasteiger charge is 2.17. The summed E-state index contributed by atoms with van der Waals surface area (Å²) in [7, 11) is 0. The molecule has 0 amide bonds. The molecule has 0 bridgehead atoms. The fourth-order valence-electron chi connectivity index (χ4n) is 1.90. The molecule has 0 aliphatic carbocycles. The van der Waals surface area contributed by atoms with Crippen LogP contribution in [0.4, 0.5) is 5.13 Å². The van der Waals surface area contributed by atoms with Gasteiger partial charge in [0.1, 0.15) is 5.69 Å². The van der Waals surface area contributed by atoms with E-state index in [1.54, 1.807) is 23.1 Å². The zero-order valence-corrected chi connectivity index (χ0v) is 11.6. The first kappa shape index (κ1) is 12.6. The molecule has 0 aliphatic rings. The summed E-state index contributed by atoms with van der Waals surface area (Å²) in [5.74, 6) is 0.629. The molecule has 0 radical (unpaired) electrons. The molecule has 3 aromatic heterocycles. The van der Waals surface area contributed by atoms with E-state index < -0.39 is 0 Å². The van der Waals surface area contributed by atoms with E-state index in [2.05, 4.69) is 9.97 Å². The predicted molar refractivity (Wildman–Crippen MR) is 77.4 cm³/mol. The van der Waals surface area contributed by atoms with Gasteiger partial charge >= 0.3 is 0 Å². The molecule has 0 saturated heterocycles. The Morgan fingerprint density at radius 3 is 3.05 bits per heavy atom. The third-order valence-electron chi connectivity index (χ3n) is 2.85. The van der Waals surface area contributed by atoms with Crippen molar-refractivity contribution in [3.63, 3.8) is 0 Å². The van der Waals surface area contributed by atoms with E-state index >= 15 is 0 Å². The Kier molecular flexibility index (Phi) is 3.11. The molecular weight excluding hydrogens is 276 g/mol. The number of aryl methyl sites for hydroxylation is 1. The van der Waals surface area contributed by atoms with E-state index in [0.717, 1.165) is 4.88 Å². The Labute approximate surface area is 118 Å². The maximum Gasteiger partial charge on any atom is 0.269 e. The zero-order valence-electron chi connectivity index (χ0n) is 10.7. The van der Waals surface area contributed by atoms with Gasteiger partial charge in [0.15, 0.2) is 10.9 Å². The summed E-state index contributed by atoms with van der Waals surface area (Å²) in [6, 6.07) is 3.60. The second-order valence-electron chi connectivity index (χ2n) is 4.10. The highest BCUT2D eigenvalue weighted by atomic mass is 32.1. The highest BCUT2D eigenvalue weighted by molar-refractivity contribution is 7.19. The maximum atomic E-state index is 11.6. The third-order valence-corrected chi connectivity index (χ3v) is 3.75. The predicted octanol–water partition coefficient (Wildman–Crippen LogP) is 2.23. The van der Waals surface area contributed by atoms with Crippen molar-refractivity contribution in [3.05, 3.63) is 41.1 Å². The molecule has 6 nitrogen and oxygen atoms in total. The van der Waals surface area contributed by atoms with Crippen molar-refractivity contribution in [1.82, 2.24) is 14.5 Å². The van der Waals surface area contributed by atoms with Crippen LogP contribution in [-0.4, -0.2) is 14.5 Å². The average Bonchev–Trinajstić information content (AvgIpc) is 3.08. The van der Waals surface area contributed by atoms with Crippen LogP contribution in [-0.2, 0) is 6.54 Å². The number of nitrogens with zero attached hydrogens (tertiary/aromatic N) is 3. The summed E-state index contributed by atoms with van der Waals surface area (Å²) in [5.41, 5.74) is 6.97. The lowest BCUT2D eigenvalue weighted by Gasteiger charge is -2.04. The fraction of sp³-hybridized carbons (Fsp3) is 0.154. The number of hydrogen-bond acceptors (Lipinski definition) is 6. The topological polar surface area (TPSA) is 86.9 Å². The Balaban J connectivity index is 2.18. The molecule has 0 aromatic carbocycles. The Bertz CT molecular complexity index is 789. The van der Waals surface area contributed by atoms with Crippen LogP contribution in [0.1, 0.15) is 6.92 Å². The summed E-state index contributed by atoms with van der Waals surface area (Å²) >= 11 is 1.32. The summed E-state index contributed by atoms with van der Waals surface area (Å²) in [4.78, 5) is 20.9. The van der Waals surface area contributed by atoms with Crippen LogP contribution >= 0.6 is 11.3 Å². The number of nitrogen functional groups attached to an aromatic ring is 1. The third kappa shape index (κ3) is 2.12. The molecule has 0 atom stereocenters. The van der Waals surface area contributed by atoms with Crippen molar-refractivity contribution in [1.29, 1.82) is 0 Å². The van der Waals surface area contributed by atoms with Gasteiger partial charge in [0.25, 0.3) is 5.56 Å². The molecule has 0 spiro atoms. The number of hydrogen-bond donors (Lipinski definition) is 1. The number of thiazole rings is 1. The second-order valence-corrected chi connectivity index (χ2v) is 5.13. The van der Waals surface area contributed by atoms with E-state index in [-0.39, 0.29) is 5.56 Å². The molecule has 3 aromatic rings. The van der Waals surface area contributed by atoms with Gasteiger partial charge < -0.3 is 14.7 Å². The first-order chi connectivity index (χ1) is 9.69. The molecule has 3 rings (SSSR count). The molecule has 0 fully saturated rings. The quantitative estimate of drug-likeness (QED) is 0.798. The molecule has 3 heterocycles. The number of furan rings is 1. The van der Waals surface area contributed by atoms with Crippen LogP contribution in [0, 0.1) is 0 Å². The number of aromatic nitrogens is 3.